The summed E-state index contributed by atoms with van der Waals surface area (Å²) in [6.07, 6.45) is 6.36. The number of hydrogen-bond donors (Lipinski definition) is 1. The number of methoxy groups -OCH3 is 1. The molecule has 2 aromatic carbocycles. The highest BCUT2D eigenvalue weighted by atomic mass is 16.5. The molecular weight excluding hydrogens is 340 g/mol. The number of anilines is 1. The van der Waals surface area contributed by atoms with Gasteiger partial charge in [0.2, 0.25) is 5.91 Å². The normalized spacial score (nSPS) is 14.2. The van der Waals surface area contributed by atoms with E-state index in [1.165, 1.54) is 6.08 Å². The van der Waals surface area contributed by atoms with Gasteiger partial charge in [-0.1, -0.05) is 30.3 Å². The summed E-state index contributed by atoms with van der Waals surface area (Å²) in [6, 6.07) is 14.6. The molecule has 5 heteroatoms. The number of hydrogen-bond acceptors (Lipinski definition) is 3. The van der Waals surface area contributed by atoms with Crippen molar-refractivity contribution in [2.24, 2.45) is 0 Å². The summed E-state index contributed by atoms with van der Waals surface area (Å²) in [4.78, 5) is 27.0. The van der Waals surface area contributed by atoms with Gasteiger partial charge in [0, 0.05) is 24.7 Å². The lowest BCUT2D eigenvalue weighted by molar-refractivity contribution is -0.111. The number of nitrogens with zero attached hydrogens (tertiary/aromatic N) is 1. The van der Waals surface area contributed by atoms with Gasteiger partial charge in [0.05, 0.1) is 18.4 Å². The Kier molecular flexibility index (Phi) is 6.26. The van der Waals surface area contributed by atoms with Crippen LogP contribution >= 0.6 is 0 Å². The molecular formula is C22H24N2O3. The van der Waals surface area contributed by atoms with Gasteiger partial charge >= 0.3 is 0 Å². The third kappa shape index (κ3) is 4.76. The molecule has 0 unspecified atom stereocenters. The number of ether oxygens (including phenoxy) is 1. The van der Waals surface area contributed by atoms with Crippen molar-refractivity contribution in [1.29, 1.82) is 0 Å². The molecule has 2 aromatic rings. The van der Waals surface area contributed by atoms with Crippen molar-refractivity contribution in [2.45, 2.75) is 19.3 Å². The molecule has 0 spiro atoms. The molecule has 0 aliphatic carbocycles. The summed E-state index contributed by atoms with van der Waals surface area (Å²) < 4.78 is 5.28. The molecule has 2 amide bonds. The number of likely N-dealkylation sites (tertiary alicyclic amines) is 1. The van der Waals surface area contributed by atoms with E-state index in [9.17, 15) is 9.59 Å². The molecule has 1 saturated heterocycles. The summed E-state index contributed by atoms with van der Waals surface area (Å²) in [5, 5.41) is 2.82. The van der Waals surface area contributed by atoms with Crippen LogP contribution in [-0.2, 0) is 4.79 Å². The van der Waals surface area contributed by atoms with E-state index in [1.807, 2.05) is 41.3 Å². The molecule has 1 fully saturated rings. The molecule has 0 atom stereocenters. The number of amides is 2. The Hall–Kier alpha value is -3.08. The van der Waals surface area contributed by atoms with Crippen molar-refractivity contribution in [3.63, 3.8) is 0 Å². The van der Waals surface area contributed by atoms with E-state index in [1.54, 1.807) is 25.3 Å². The number of nitrogens with one attached hydrogen (secondary N) is 1. The van der Waals surface area contributed by atoms with Gasteiger partial charge in [-0.05, 0) is 43.5 Å². The van der Waals surface area contributed by atoms with Crippen molar-refractivity contribution in [3.8, 4) is 5.75 Å². The molecule has 0 radical (unpaired) electrons. The van der Waals surface area contributed by atoms with Crippen molar-refractivity contribution in [1.82, 2.24) is 4.90 Å². The predicted molar refractivity (Wildman–Crippen MR) is 107 cm³/mol. The van der Waals surface area contributed by atoms with Crippen LogP contribution in [0.5, 0.6) is 5.75 Å². The monoisotopic (exact) mass is 364 g/mol. The average Bonchev–Trinajstić information content (AvgIpc) is 2.73. The van der Waals surface area contributed by atoms with Crippen LogP contribution in [0, 0.1) is 0 Å². The summed E-state index contributed by atoms with van der Waals surface area (Å²) in [7, 11) is 1.59. The van der Waals surface area contributed by atoms with Crippen molar-refractivity contribution < 1.29 is 14.3 Å². The Balaban J connectivity index is 1.73. The number of para-hydroxylation sites is 2. The zero-order valence-electron chi connectivity index (χ0n) is 15.5. The Labute approximate surface area is 159 Å². The fourth-order valence-corrected chi connectivity index (χ4v) is 3.19. The minimum atomic E-state index is -0.292. The number of carbonyl (C=O) groups excluding carboxylic acids is 2. The van der Waals surface area contributed by atoms with Crippen LogP contribution in [0.3, 0.4) is 0 Å². The van der Waals surface area contributed by atoms with Gasteiger partial charge in [-0.15, -0.1) is 0 Å². The van der Waals surface area contributed by atoms with Crippen LogP contribution in [0.25, 0.3) is 6.08 Å². The smallest absolute Gasteiger partial charge is 0.255 e. The van der Waals surface area contributed by atoms with Gasteiger partial charge < -0.3 is 15.0 Å². The fraction of sp³-hybridized carbons (Fsp3) is 0.273. The molecule has 140 valence electrons. The van der Waals surface area contributed by atoms with E-state index >= 15 is 0 Å². The standard InChI is InChI=1S/C22H24N2O3/c1-27-20-12-6-3-9-17(20)13-14-21(25)23-19-11-5-4-10-18(19)22(26)24-15-7-2-8-16-24/h3-6,9-14H,2,7-8,15-16H2,1H3,(H,23,25)/b14-13+. The van der Waals surface area contributed by atoms with Gasteiger partial charge in [0.1, 0.15) is 5.75 Å². The molecule has 1 heterocycles. The van der Waals surface area contributed by atoms with Gasteiger partial charge in [-0.3, -0.25) is 9.59 Å². The summed E-state index contributed by atoms with van der Waals surface area (Å²) in [5.41, 5.74) is 1.87. The molecule has 5 nitrogen and oxygen atoms in total. The highest BCUT2D eigenvalue weighted by Gasteiger charge is 2.20. The average molecular weight is 364 g/mol. The highest BCUT2D eigenvalue weighted by molar-refractivity contribution is 6.07. The summed E-state index contributed by atoms with van der Waals surface area (Å²) in [5.74, 6) is 0.376. The molecule has 3 rings (SSSR count). The van der Waals surface area contributed by atoms with Crippen LogP contribution in [0.2, 0.25) is 0 Å². The number of carbonyl (C=O) groups is 2. The van der Waals surface area contributed by atoms with E-state index in [2.05, 4.69) is 5.32 Å². The minimum absolute atomic E-state index is 0.0284. The van der Waals surface area contributed by atoms with E-state index in [-0.39, 0.29) is 11.8 Å². The van der Waals surface area contributed by atoms with E-state index < -0.39 is 0 Å². The molecule has 1 aliphatic rings. The maximum atomic E-state index is 12.8. The van der Waals surface area contributed by atoms with Crippen LogP contribution in [0.1, 0.15) is 35.2 Å². The molecule has 1 aliphatic heterocycles. The zero-order chi connectivity index (χ0) is 19.1. The first-order valence-electron chi connectivity index (χ1n) is 9.19. The quantitative estimate of drug-likeness (QED) is 0.817. The number of piperidine rings is 1. The van der Waals surface area contributed by atoms with Crippen LogP contribution in [-0.4, -0.2) is 36.9 Å². The van der Waals surface area contributed by atoms with Gasteiger partial charge in [-0.25, -0.2) is 0 Å². The minimum Gasteiger partial charge on any atom is -0.496 e. The topological polar surface area (TPSA) is 58.6 Å². The number of benzene rings is 2. The van der Waals surface area contributed by atoms with Crippen LogP contribution in [0.15, 0.2) is 54.6 Å². The van der Waals surface area contributed by atoms with E-state index in [0.717, 1.165) is 37.9 Å². The Morgan fingerprint density at radius 3 is 2.48 bits per heavy atom. The van der Waals surface area contributed by atoms with Crippen LogP contribution in [0.4, 0.5) is 5.69 Å². The van der Waals surface area contributed by atoms with E-state index in [0.29, 0.717) is 17.0 Å². The second-order valence-electron chi connectivity index (χ2n) is 6.46. The lowest BCUT2D eigenvalue weighted by atomic mass is 10.1. The molecule has 0 bridgehead atoms. The van der Waals surface area contributed by atoms with Gasteiger partial charge in [0.15, 0.2) is 0 Å². The first kappa shape index (κ1) is 18.7. The van der Waals surface area contributed by atoms with Crippen LogP contribution < -0.4 is 10.1 Å². The molecule has 27 heavy (non-hydrogen) atoms. The highest BCUT2D eigenvalue weighted by Crippen LogP contribution is 2.21. The second-order valence-corrected chi connectivity index (χ2v) is 6.46. The van der Waals surface area contributed by atoms with E-state index in [4.69, 9.17) is 4.74 Å². The largest absolute Gasteiger partial charge is 0.496 e. The third-order valence-corrected chi connectivity index (χ3v) is 4.61. The molecule has 1 N–H and O–H groups in total. The zero-order valence-corrected chi connectivity index (χ0v) is 15.5. The first-order valence-corrected chi connectivity index (χ1v) is 9.19. The van der Waals surface area contributed by atoms with Crippen molar-refractivity contribution in [3.05, 3.63) is 65.7 Å². The number of rotatable bonds is 5. The Bertz CT molecular complexity index is 839. The molecule has 0 aromatic heterocycles. The second kappa shape index (κ2) is 9.03. The van der Waals surface area contributed by atoms with Crippen molar-refractivity contribution >= 4 is 23.6 Å². The predicted octanol–water partition coefficient (Wildman–Crippen LogP) is 3.97. The van der Waals surface area contributed by atoms with Gasteiger partial charge in [-0.2, -0.15) is 0 Å². The summed E-state index contributed by atoms with van der Waals surface area (Å²) >= 11 is 0. The Morgan fingerprint density at radius 1 is 1.00 bits per heavy atom. The maximum Gasteiger partial charge on any atom is 0.255 e. The first-order chi connectivity index (χ1) is 13.2. The lowest BCUT2D eigenvalue weighted by Gasteiger charge is -2.27. The fourth-order valence-electron chi connectivity index (χ4n) is 3.19. The van der Waals surface area contributed by atoms with Crippen molar-refractivity contribution in [2.75, 3.05) is 25.5 Å². The summed E-state index contributed by atoms with van der Waals surface area (Å²) in [6.45, 7) is 1.55. The Morgan fingerprint density at radius 2 is 1.70 bits per heavy atom. The third-order valence-electron chi connectivity index (χ3n) is 4.61. The lowest BCUT2D eigenvalue weighted by Crippen LogP contribution is -2.36. The van der Waals surface area contributed by atoms with Gasteiger partial charge in [0.25, 0.3) is 5.91 Å². The SMILES string of the molecule is COc1ccccc1/C=C/C(=O)Nc1ccccc1C(=O)N1CCCCC1. The molecule has 0 saturated carbocycles. The maximum absolute atomic E-state index is 12.8.